The first-order valence-electron chi connectivity index (χ1n) is 6.19. The molecule has 0 unspecified atom stereocenters. The van der Waals surface area contributed by atoms with E-state index in [4.69, 9.17) is 8.94 Å². The van der Waals surface area contributed by atoms with Crippen LogP contribution in [0.15, 0.2) is 46.1 Å². The number of hydrogen-bond donors (Lipinski definition) is 0. The second kappa shape index (κ2) is 5.52. The Kier molecular flexibility index (Phi) is 3.40. The highest BCUT2D eigenvalue weighted by Crippen LogP contribution is 2.21. The maximum absolute atomic E-state index is 12.0. The van der Waals surface area contributed by atoms with Crippen LogP contribution < -0.4 is 0 Å². The van der Waals surface area contributed by atoms with E-state index >= 15 is 0 Å². The number of carbonyl (C=O) groups is 1. The molecule has 3 rings (SSSR count). The van der Waals surface area contributed by atoms with Gasteiger partial charge in [-0.15, -0.1) is 0 Å². The van der Waals surface area contributed by atoms with Crippen molar-refractivity contribution in [1.29, 1.82) is 0 Å². The Balaban J connectivity index is 1.57. The van der Waals surface area contributed by atoms with E-state index < -0.39 is 0 Å². The zero-order valence-corrected chi connectivity index (χ0v) is 10.6. The predicted octanol–water partition coefficient (Wildman–Crippen LogP) is 2.19. The van der Waals surface area contributed by atoms with Crippen LogP contribution in [-0.2, 0) is 6.54 Å². The predicted molar refractivity (Wildman–Crippen MR) is 67.8 cm³/mol. The number of ketones is 1. The van der Waals surface area contributed by atoms with Gasteiger partial charge < -0.3 is 8.94 Å². The van der Waals surface area contributed by atoms with Crippen LogP contribution in [0.25, 0.3) is 11.5 Å². The summed E-state index contributed by atoms with van der Waals surface area (Å²) >= 11 is 0. The molecule has 0 atom stereocenters. The van der Waals surface area contributed by atoms with E-state index in [1.807, 2.05) is 0 Å². The number of aryl methyl sites for hydroxylation is 1. The highest BCUT2D eigenvalue weighted by Gasteiger charge is 2.14. The molecule has 3 heterocycles. The number of aromatic nitrogens is 4. The summed E-state index contributed by atoms with van der Waals surface area (Å²) in [6, 6.07) is 5.09. The maximum Gasteiger partial charge on any atom is 0.202 e. The standard InChI is InChI=1S/C13H12N4O3/c18-11(3-1-5-17-9-14-8-15-17)10-7-13(20-16-10)12-4-2-6-19-12/h2,4,6-9H,1,3,5H2. The number of furan rings is 1. The molecular weight excluding hydrogens is 260 g/mol. The number of hydrogen-bond acceptors (Lipinski definition) is 6. The molecule has 7 nitrogen and oxygen atoms in total. The van der Waals surface area contributed by atoms with E-state index in [1.54, 1.807) is 29.2 Å². The number of carbonyl (C=O) groups excluding carboxylic acids is 1. The molecular formula is C13H12N4O3. The quantitative estimate of drug-likeness (QED) is 0.639. The van der Waals surface area contributed by atoms with E-state index in [0.29, 0.717) is 36.6 Å². The van der Waals surface area contributed by atoms with Gasteiger partial charge in [0.25, 0.3) is 0 Å². The van der Waals surface area contributed by atoms with Gasteiger partial charge in [0.1, 0.15) is 18.3 Å². The summed E-state index contributed by atoms with van der Waals surface area (Å²) in [5, 5.41) is 7.74. The number of nitrogens with zero attached hydrogens (tertiary/aromatic N) is 4. The molecule has 0 aromatic carbocycles. The molecule has 0 radical (unpaired) electrons. The molecule has 3 aromatic rings. The molecule has 0 aliphatic heterocycles. The summed E-state index contributed by atoms with van der Waals surface area (Å²) in [6.07, 6.45) is 5.68. The fourth-order valence-corrected chi connectivity index (χ4v) is 1.82. The Morgan fingerprint density at radius 3 is 3.05 bits per heavy atom. The van der Waals surface area contributed by atoms with Crippen LogP contribution in [0.5, 0.6) is 0 Å². The van der Waals surface area contributed by atoms with Gasteiger partial charge in [-0.25, -0.2) is 4.98 Å². The van der Waals surface area contributed by atoms with Crippen LogP contribution in [-0.4, -0.2) is 25.7 Å². The van der Waals surface area contributed by atoms with Crippen molar-refractivity contribution in [1.82, 2.24) is 19.9 Å². The van der Waals surface area contributed by atoms with Crippen molar-refractivity contribution in [2.24, 2.45) is 0 Å². The van der Waals surface area contributed by atoms with Gasteiger partial charge in [-0.3, -0.25) is 9.48 Å². The van der Waals surface area contributed by atoms with Gasteiger partial charge in [0, 0.05) is 19.0 Å². The van der Waals surface area contributed by atoms with Crippen molar-refractivity contribution in [3.05, 3.63) is 42.8 Å². The summed E-state index contributed by atoms with van der Waals surface area (Å²) < 4.78 is 12.0. The zero-order chi connectivity index (χ0) is 13.8. The van der Waals surface area contributed by atoms with E-state index in [9.17, 15) is 4.79 Å². The third kappa shape index (κ3) is 2.66. The van der Waals surface area contributed by atoms with Crippen LogP contribution in [0, 0.1) is 0 Å². The second-order valence-electron chi connectivity index (χ2n) is 4.24. The molecule has 0 fully saturated rings. The molecule has 0 spiro atoms. The van der Waals surface area contributed by atoms with Crippen LogP contribution >= 0.6 is 0 Å². The summed E-state index contributed by atoms with van der Waals surface area (Å²) in [6.45, 7) is 0.647. The molecule has 0 saturated heterocycles. The second-order valence-corrected chi connectivity index (χ2v) is 4.24. The Morgan fingerprint density at radius 2 is 2.30 bits per heavy atom. The van der Waals surface area contributed by atoms with E-state index in [2.05, 4.69) is 15.2 Å². The van der Waals surface area contributed by atoms with Crippen molar-refractivity contribution in [2.45, 2.75) is 19.4 Å². The minimum Gasteiger partial charge on any atom is -0.461 e. The maximum atomic E-state index is 12.0. The summed E-state index contributed by atoms with van der Waals surface area (Å²) in [4.78, 5) is 15.8. The lowest BCUT2D eigenvalue weighted by molar-refractivity contribution is 0.0969. The Morgan fingerprint density at radius 1 is 1.35 bits per heavy atom. The lowest BCUT2D eigenvalue weighted by Crippen LogP contribution is -2.04. The van der Waals surface area contributed by atoms with Crippen LogP contribution in [0.1, 0.15) is 23.3 Å². The molecule has 0 saturated carbocycles. The highest BCUT2D eigenvalue weighted by molar-refractivity contribution is 5.94. The van der Waals surface area contributed by atoms with Gasteiger partial charge in [0.05, 0.1) is 6.26 Å². The Labute approximate surface area is 114 Å². The van der Waals surface area contributed by atoms with Crippen LogP contribution in [0.4, 0.5) is 0 Å². The van der Waals surface area contributed by atoms with Crippen molar-refractivity contribution in [3.8, 4) is 11.5 Å². The van der Waals surface area contributed by atoms with E-state index in [-0.39, 0.29) is 5.78 Å². The van der Waals surface area contributed by atoms with Gasteiger partial charge in [-0.05, 0) is 18.6 Å². The Hall–Kier alpha value is -2.70. The minimum atomic E-state index is -0.0633. The lowest BCUT2D eigenvalue weighted by Gasteiger charge is -1.98. The van der Waals surface area contributed by atoms with Gasteiger partial charge in [0.2, 0.25) is 5.76 Å². The number of Topliss-reactive ketones (excluding diaryl/α,β-unsaturated/α-hetero) is 1. The molecule has 0 bridgehead atoms. The number of rotatable bonds is 6. The first kappa shape index (κ1) is 12.3. The van der Waals surface area contributed by atoms with Crippen molar-refractivity contribution in [2.75, 3.05) is 0 Å². The Bertz CT molecular complexity index is 670. The fourth-order valence-electron chi connectivity index (χ4n) is 1.82. The first-order valence-corrected chi connectivity index (χ1v) is 6.19. The third-order valence-electron chi connectivity index (χ3n) is 2.82. The molecule has 0 amide bonds. The smallest absolute Gasteiger partial charge is 0.202 e. The molecule has 0 aliphatic carbocycles. The van der Waals surface area contributed by atoms with Gasteiger partial charge in [0.15, 0.2) is 11.5 Å². The SMILES string of the molecule is O=C(CCCn1cncn1)c1cc(-c2ccco2)on1. The van der Waals surface area contributed by atoms with Crippen molar-refractivity contribution >= 4 is 5.78 Å². The largest absolute Gasteiger partial charge is 0.461 e. The summed E-state index contributed by atoms with van der Waals surface area (Å²) in [5.74, 6) is 0.945. The minimum absolute atomic E-state index is 0.0633. The molecule has 0 N–H and O–H groups in total. The monoisotopic (exact) mass is 272 g/mol. The van der Waals surface area contributed by atoms with Gasteiger partial charge >= 0.3 is 0 Å². The molecule has 102 valence electrons. The van der Waals surface area contributed by atoms with E-state index in [1.165, 1.54) is 12.6 Å². The third-order valence-corrected chi connectivity index (χ3v) is 2.82. The van der Waals surface area contributed by atoms with E-state index in [0.717, 1.165) is 0 Å². The van der Waals surface area contributed by atoms with Crippen LogP contribution in [0.2, 0.25) is 0 Å². The normalized spacial score (nSPS) is 10.8. The summed E-state index contributed by atoms with van der Waals surface area (Å²) in [7, 11) is 0. The highest BCUT2D eigenvalue weighted by atomic mass is 16.5. The zero-order valence-electron chi connectivity index (χ0n) is 10.6. The van der Waals surface area contributed by atoms with Crippen molar-refractivity contribution < 1.29 is 13.7 Å². The average molecular weight is 272 g/mol. The first-order chi connectivity index (χ1) is 9.83. The summed E-state index contributed by atoms with van der Waals surface area (Å²) in [5.41, 5.74) is 0.315. The van der Waals surface area contributed by atoms with Crippen LogP contribution in [0.3, 0.4) is 0 Å². The topological polar surface area (TPSA) is 87.0 Å². The molecule has 3 aromatic heterocycles. The molecule has 0 aliphatic rings. The van der Waals surface area contributed by atoms with Gasteiger partial charge in [-0.1, -0.05) is 5.16 Å². The van der Waals surface area contributed by atoms with Crippen molar-refractivity contribution in [3.63, 3.8) is 0 Å². The molecule has 7 heteroatoms. The lowest BCUT2D eigenvalue weighted by atomic mass is 10.1. The fraction of sp³-hybridized carbons (Fsp3) is 0.231. The van der Waals surface area contributed by atoms with Gasteiger partial charge in [-0.2, -0.15) is 5.10 Å². The molecule has 20 heavy (non-hydrogen) atoms. The average Bonchev–Trinajstić information content (AvgIpc) is 3.20.